The van der Waals surface area contributed by atoms with Crippen LogP contribution in [0.4, 0.5) is 0 Å². The zero-order valence-electron chi connectivity index (χ0n) is 15.1. The Morgan fingerprint density at radius 1 is 1.29 bits per heavy atom. The second-order valence-electron chi connectivity index (χ2n) is 8.90. The van der Waals surface area contributed by atoms with Gasteiger partial charge >= 0.3 is 0 Å². The number of fused-ring (bicyclic) bond motifs is 2. The SMILES string of the molecule is C=C1CC[C@H]2[C@@H](C=C(C)C(=O)[C@@]3(O)C[C@H](C)[C@H](O)[C@@H]3[C@H]1O)C2(C)C. The van der Waals surface area contributed by atoms with E-state index in [1.54, 1.807) is 6.92 Å². The Hall–Kier alpha value is -0.970. The van der Waals surface area contributed by atoms with Crippen LogP contribution in [0.5, 0.6) is 0 Å². The maximum Gasteiger partial charge on any atom is 0.190 e. The Morgan fingerprint density at radius 2 is 1.92 bits per heavy atom. The molecule has 3 N–H and O–H groups in total. The Morgan fingerprint density at radius 3 is 2.54 bits per heavy atom. The quantitative estimate of drug-likeness (QED) is 0.594. The number of aliphatic hydroxyl groups is 3. The molecule has 4 heteroatoms. The molecule has 0 saturated heterocycles. The molecule has 0 heterocycles. The van der Waals surface area contributed by atoms with Crippen LogP contribution >= 0.6 is 0 Å². The summed E-state index contributed by atoms with van der Waals surface area (Å²) in [6.45, 7) is 11.9. The Labute approximate surface area is 144 Å². The van der Waals surface area contributed by atoms with E-state index < -0.39 is 23.7 Å². The van der Waals surface area contributed by atoms with E-state index in [4.69, 9.17) is 0 Å². The Kier molecular flexibility index (Phi) is 4.10. The van der Waals surface area contributed by atoms with Crippen LogP contribution in [0.15, 0.2) is 23.8 Å². The third-order valence-electron chi connectivity index (χ3n) is 6.99. The van der Waals surface area contributed by atoms with Crippen LogP contribution in [-0.2, 0) is 4.79 Å². The third kappa shape index (κ3) is 2.42. The molecule has 0 aliphatic heterocycles. The van der Waals surface area contributed by atoms with Crippen LogP contribution in [0, 0.1) is 29.1 Å². The zero-order valence-corrected chi connectivity index (χ0v) is 15.1. The van der Waals surface area contributed by atoms with Gasteiger partial charge in [0.1, 0.15) is 5.60 Å². The van der Waals surface area contributed by atoms with E-state index in [-0.39, 0.29) is 23.5 Å². The number of rotatable bonds is 0. The third-order valence-corrected chi connectivity index (χ3v) is 6.99. The van der Waals surface area contributed by atoms with E-state index in [1.807, 2.05) is 13.0 Å². The minimum atomic E-state index is -1.72. The maximum atomic E-state index is 13.0. The minimum absolute atomic E-state index is 0.135. The summed E-state index contributed by atoms with van der Waals surface area (Å²) in [6.07, 6.45) is 1.75. The van der Waals surface area contributed by atoms with Crippen molar-refractivity contribution in [2.45, 2.75) is 64.8 Å². The van der Waals surface area contributed by atoms with Crippen molar-refractivity contribution in [2.24, 2.45) is 29.1 Å². The summed E-state index contributed by atoms with van der Waals surface area (Å²) >= 11 is 0. The van der Waals surface area contributed by atoms with Crippen molar-refractivity contribution in [2.75, 3.05) is 0 Å². The molecule has 0 aromatic heterocycles. The summed E-state index contributed by atoms with van der Waals surface area (Å²) in [6, 6.07) is 0. The number of allylic oxidation sites excluding steroid dienone is 1. The highest BCUT2D eigenvalue weighted by Crippen LogP contribution is 2.62. The average Bonchev–Trinajstić information content (AvgIpc) is 2.91. The van der Waals surface area contributed by atoms with Gasteiger partial charge < -0.3 is 15.3 Å². The second kappa shape index (κ2) is 5.52. The van der Waals surface area contributed by atoms with Crippen LogP contribution in [0.1, 0.15) is 47.0 Å². The van der Waals surface area contributed by atoms with Crippen molar-refractivity contribution in [1.29, 1.82) is 0 Å². The molecule has 3 rings (SSSR count). The largest absolute Gasteiger partial charge is 0.392 e. The maximum absolute atomic E-state index is 13.0. The van der Waals surface area contributed by atoms with Crippen molar-refractivity contribution in [3.05, 3.63) is 23.8 Å². The van der Waals surface area contributed by atoms with E-state index >= 15 is 0 Å². The summed E-state index contributed by atoms with van der Waals surface area (Å²) < 4.78 is 0. The molecule has 0 spiro atoms. The van der Waals surface area contributed by atoms with Gasteiger partial charge in [-0.15, -0.1) is 0 Å². The summed E-state index contributed by atoms with van der Waals surface area (Å²) in [7, 11) is 0. The van der Waals surface area contributed by atoms with Gasteiger partial charge in [0, 0.05) is 0 Å². The highest BCUT2D eigenvalue weighted by molar-refractivity contribution is 6.02. The van der Waals surface area contributed by atoms with Gasteiger partial charge in [-0.1, -0.05) is 33.4 Å². The Bertz CT molecular complexity index is 605. The van der Waals surface area contributed by atoms with Crippen LogP contribution in [0.3, 0.4) is 0 Å². The predicted molar refractivity (Wildman–Crippen MR) is 92.1 cm³/mol. The average molecular weight is 334 g/mol. The lowest BCUT2D eigenvalue weighted by Gasteiger charge is -2.34. The predicted octanol–water partition coefficient (Wildman–Crippen LogP) is 2.23. The van der Waals surface area contributed by atoms with Gasteiger partial charge in [0.25, 0.3) is 0 Å². The molecule has 0 aromatic carbocycles. The second-order valence-corrected chi connectivity index (χ2v) is 8.90. The first-order valence-corrected chi connectivity index (χ1v) is 9.01. The number of aliphatic hydroxyl groups excluding tert-OH is 2. The molecule has 134 valence electrons. The molecule has 0 radical (unpaired) electrons. The van der Waals surface area contributed by atoms with Crippen LogP contribution in [0.25, 0.3) is 0 Å². The topological polar surface area (TPSA) is 77.8 Å². The molecule has 24 heavy (non-hydrogen) atoms. The van der Waals surface area contributed by atoms with Gasteiger partial charge in [-0.25, -0.2) is 0 Å². The highest BCUT2D eigenvalue weighted by Gasteiger charge is 2.60. The lowest BCUT2D eigenvalue weighted by molar-refractivity contribution is -0.144. The van der Waals surface area contributed by atoms with E-state index in [2.05, 4.69) is 20.4 Å². The lowest BCUT2D eigenvalue weighted by Crippen LogP contribution is -2.50. The molecule has 2 fully saturated rings. The zero-order chi connectivity index (χ0) is 18.0. The summed E-state index contributed by atoms with van der Waals surface area (Å²) in [5, 5.41) is 32.4. The molecular formula is C20H30O4. The van der Waals surface area contributed by atoms with Crippen LogP contribution in [-0.4, -0.2) is 38.9 Å². The van der Waals surface area contributed by atoms with Gasteiger partial charge in [-0.3, -0.25) is 4.79 Å². The molecule has 3 aliphatic rings. The van der Waals surface area contributed by atoms with E-state index in [1.165, 1.54) is 0 Å². The summed E-state index contributed by atoms with van der Waals surface area (Å²) in [5.74, 6) is -0.729. The fraction of sp³-hybridized carbons (Fsp3) is 0.750. The highest BCUT2D eigenvalue weighted by atomic mass is 16.3. The molecule has 7 atom stereocenters. The summed E-state index contributed by atoms with van der Waals surface area (Å²) in [5.41, 5.74) is -0.429. The normalized spacial score (nSPS) is 48.2. The number of carbonyl (C=O) groups excluding carboxylic acids is 1. The Balaban J connectivity index is 2.04. The van der Waals surface area contributed by atoms with Gasteiger partial charge in [0.05, 0.1) is 18.1 Å². The number of ketones is 1. The molecule has 0 bridgehead atoms. The van der Waals surface area contributed by atoms with Crippen molar-refractivity contribution >= 4 is 5.78 Å². The van der Waals surface area contributed by atoms with Crippen LogP contribution < -0.4 is 0 Å². The van der Waals surface area contributed by atoms with Crippen LogP contribution in [0.2, 0.25) is 0 Å². The fourth-order valence-electron chi connectivity index (χ4n) is 5.17. The molecule has 0 unspecified atom stereocenters. The van der Waals surface area contributed by atoms with E-state index in [0.29, 0.717) is 29.4 Å². The molecule has 3 aliphatic carbocycles. The van der Waals surface area contributed by atoms with Gasteiger partial charge in [0.2, 0.25) is 0 Å². The molecule has 0 aromatic rings. The van der Waals surface area contributed by atoms with E-state index in [9.17, 15) is 20.1 Å². The number of hydrogen-bond acceptors (Lipinski definition) is 4. The number of hydrogen-bond donors (Lipinski definition) is 3. The fourth-order valence-corrected chi connectivity index (χ4v) is 5.17. The smallest absolute Gasteiger partial charge is 0.190 e. The monoisotopic (exact) mass is 334 g/mol. The first kappa shape index (κ1) is 17.8. The molecule has 0 amide bonds. The van der Waals surface area contributed by atoms with Gasteiger partial charge in [-0.2, -0.15) is 0 Å². The van der Waals surface area contributed by atoms with Crippen molar-refractivity contribution in [1.82, 2.24) is 0 Å². The van der Waals surface area contributed by atoms with E-state index in [0.717, 1.165) is 6.42 Å². The van der Waals surface area contributed by atoms with Crippen molar-refractivity contribution in [3.8, 4) is 0 Å². The number of Topliss-reactive ketones (excluding diaryl/α,β-unsaturated/α-hetero) is 1. The molecule has 4 nitrogen and oxygen atoms in total. The van der Waals surface area contributed by atoms with Gasteiger partial charge in [-0.05, 0) is 60.5 Å². The van der Waals surface area contributed by atoms with Gasteiger partial charge in [0.15, 0.2) is 5.78 Å². The van der Waals surface area contributed by atoms with Crippen molar-refractivity contribution < 1.29 is 20.1 Å². The lowest BCUT2D eigenvalue weighted by atomic mass is 9.77. The molecular weight excluding hydrogens is 304 g/mol. The summed E-state index contributed by atoms with van der Waals surface area (Å²) in [4.78, 5) is 13.0. The standard InChI is InChI=1S/C20H30O4/c1-10-6-7-13-14(19(13,4)5)8-11(2)18(23)20(24)9-12(3)17(22)15(20)16(10)21/h8,12-17,21-22,24H,1,6-7,9H2,2-5H3/t12-,13-,14+,15-,16-,17-,20+/m0/s1. The first-order valence-electron chi connectivity index (χ1n) is 9.01. The molecule has 2 saturated carbocycles. The minimum Gasteiger partial charge on any atom is -0.392 e. The number of carbonyl (C=O) groups is 1. The van der Waals surface area contributed by atoms with Crippen molar-refractivity contribution in [3.63, 3.8) is 0 Å². The first-order chi connectivity index (χ1) is 11.0.